The topological polar surface area (TPSA) is 128 Å². The Hall–Kier alpha value is -2.18. The third-order valence-corrected chi connectivity index (χ3v) is 9.73. The molecule has 10 nitrogen and oxygen atoms in total. The molecule has 3 aliphatic rings. The van der Waals surface area contributed by atoms with Crippen LogP contribution < -0.4 is 15.4 Å². The number of unbranched alkanes of at least 4 members (excludes halogenated alkanes) is 2. The molecule has 3 fully saturated rings. The molecule has 2 saturated heterocycles. The molecule has 212 valence electrons. The second-order valence-electron chi connectivity index (χ2n) is 11.1. The standard InChI is InChI=1S/C26H41N5O5S2/c1-38(35,36)28-13-4-2-3-7-23(32)31-14-8-22(21(19-31)24(33)27-18-20-6-5-17-37-20)29-25(34)30-15-11-26(9-10-26)12-16-30/h5-6,17,21-22,28H,2-4,7-16,18-19H2,1H3,(H,27,33)(H,29,34)/t21-,22+/m0/s1. The van der Waals surface area contributed by atoms with E-state index in [1.165, 1.54) is 12.8 Å². The van der Waals surface area contributed by atoms with E-state index in [4.69, 9.17) is 0 Å². The van der Waals surface area contributed by atoms with Gasteiger partial charge >= 0.3 is 6.03 Å². The van der Waals surface area contributed by atoms with Crippen LogP contribution in [-0.4, -0.2) is 81.1 Å². The summed E-state index contributed by atoms with van der Waals surface area (Å²) in [6.45, 7) is 3.09. The van der Waals surface area contributed by atoms with Gasteiger partial charge in [-0.05, 0) is 61.8 Å². The van der Waals surface area contributed by atoms with Crippen LogP contribution >= 0.6 is 11.3 Å². The quantitative estimate of drug-likeness (QED) is 0.354. The van der Waals surface area contributed by atoms with Gasteiger partial charge in [0.05, 0.1) is 18.7 Å². The lowest BCUT2D eigenvalue weighted by Gasteiger charge is -2.40. The number of nitrogens with one attached hydrogen (secondary N) is 3. The second-order valence-corrected chi connectivity index (χ2v) is 13.9. The summed E-state index contributed by atoms with van der Waals surface area (Å²) >= 11 is 1.57. The third kappa shape index (κ3) is 8.41. The van der Waals surface area contributed by atoms with E-state index in [0.717, 1.165) is 43.5 Å². The number of carbonyl (C=O) groups is 3. The van der Waals surface area contributed by atoms with Crippen molar-refractivity contribution in [3.8, 4) is 0 Å². The van der Waals surface area contributed by atoms with Gasteiger partial charge in [-0.3, -0.25) is 9.59 Å². The highest BCUT2D eigenvalue weighted by atomic mass is 32.2. The van der Waals surface area contributed by atoms with E-state index < -0.39 is 15.9 Å². The Labute approximate surface area is 229 Å². The van der Waals surface area contributed by atoms with Crippen molar-refractivity contribution in [1.82, 2.24) is 25.2 Å². The molecule has 3 N–H and O–H groups in total. The molecule has 0 bridgehead atoms. The first kappa shape index (κ1) is 28.8. The second kappa shape index (κ2) is 12.8. The fourth-order valence-electron chi connectivity index (χ4n) is 5.44. The summed E-state index contributed by atoms with van der Waals surface area (Å²) in [5.74, 6) is -0.675. The van der Waals surface area contributed by atoms with Crippen molar-refractivity contribution in [3.63, 3.8) is 0 Å². The molecule has 2 atom stereocenters. The number of urea groups is 1. The molecule has 0 radical (unpaired) electrons. The molecule has 0 aromatic carbocycles. The Bertz CT molecular complexity index is 1060. The van der Waals surface area contributed by atoms with E-state index in [1.807, 2.05) is 22.4 Å². The van der Waals surface area contributed by atoms with Gasteiger partial charge in [-0.25, -0.2) is 17.9 Å². The van der Waals surface area contributed by atoms with Gasteiger partial charge in [0, 0.05) is 50.1 Å². The van der Waals surface area contributed by atoms with Crippen LogP contribution in [0.1, 0.15) is 62.7 Å². The summed E-state index contributed by atoms with van der Waals surface area (Å²) in [5.41, 5.74) is 0.483. The number of carbonyl (C=O) groups excluding carboxylic acids is 3. The molecule has 3 heterocycles. The monoisotopic (exact) mass is 567 g/mol. The van der Waals surface area contributed by atoms with Crippen molar-refractivity contribution < 1.29 is 22.8 Å². The maximum Gasteiger partial charge on any atom is 0.317 e. The maximum atomic E-state index is 13.3. The van der Waals surface area contributed by atoms with Gasteiger partial charge in [0.15, 0.2) is 0 Å². The molecule has 4 rings (SSSR count). The van der Waals surface area contributed by atoms with E-state index in [1.54, 1.807) is 16.2 Å². The van der Waals surface area contributed by atoms with E-state index >= 15 is 0 Å². The summed E-state index contributed by atoms with van der Waals surface area (Å²) in [5, 5.41) is 8.11. The lowest BCUT2D eigenvalue weighted by molar-refractivity contribution is -0.136. The molecule has 1 saturated carbocycles. The van der Waals surface area contributed by atoms with E-state index in [0.29, 0.717) is 50.7 Å². The number of rotatable bonds is 11. The van der Waals surface area contributed by atoms with Crippen molar-refractivity contribution in [2.24, 2.45) is 11.3 Å². The maximum absolute atomic E-state index is 13.3. The van der Waals surface area contributed by atoms with Crippen LogP contribution in [0.4, 0.5) is 4.79 Å². The van der Waals surface area contributed by atoms with Crippen molar-refractivity contribution >= 4 is 39.2 Å². The van der Waals surface area contributed by atoms with Gasteiger partial charge in [0.1, 0.15) is 0 Å². The predicted octanol–water partition coefficient (Wildman–Crippen LogP) is 2.28. The molecular weight excluding hydrogens is 526 g/mol. The number of hydrogen-bond acceptors (Lipinski definition) is 6. The number of thiophene rings is 1. The lowest BCUT2D eigenvalue weighted by Crippen LogP contribution is -2.59. The van der Waals surface area contributed by atoms with Crippen LogP contribution in [0.3, 0.4) is 0 Å². The van der Waals surface area contributed by atoms with Gasteiger partial charge in [-0.1, -0.05) is 12.5 Å². The third-order valence-electron chi connectivity index (χ3n) is 8.13. The molecular formula is C26H41N5O5S2. The smallest absolute Gasteiger partial charge is 0.317 e. The fourth-order valence-corrected chi connectivity index (χ4v) is 6.60. The van der Waals surface area contributed by atoms with Gasteiger partial charge in [-0.2, -0.15) is 0 Å². The average Bonchev–Trinajstić information content (AvgIpc) is 3.42. The molecule has 1 spiro atoms. The minimum absolute atomic E-state index is 0.00679. The van der Waals surface area contributed by atoms with Gasteiger partial charge in [-0.15, -0.1) is 11.3 Å². The highest BCUT2D eigenvalue weighted by molar-refractivity contribution is 7.88. The molecule has 38 heavy (non-hydrogen) atoms. The van der Waals surface area contributed by atoms with Crippen LogP contribution in [0.15, 0.2) is 17.5 Å². The van der Waals surface area contributed by atoms with E-state index in [9.17, 15) is 22.8 Å². The van der Waals surface area contributed by atoms with Crippen LogP contribution in [0.2, 0.25) is 0 Å². The lowest BCUT2D eigenvalue weighted by atomic mass is 9.90. The van der Waals surface area contributed by atoms with Gasteiger partial charge in [0.2, 0.25) is 21.8 Å². The van der Waals surface area contributed by atoms with Crippen molar-refractivity contribution in [3.05, 3.63) is 22.4 Å². The highest BCUT2D eigenvalue weighted by Gasteiger charge is 2.45. The Morgan fingerprint density at radius 1 is 1.05 bits per heavy atom. The number of nitrogens with zero attached hydrogens (tertiary/aromatic N) is 2. The Balaban J connectivity index is 1.29. The minimum atomic E-state index is -3.20. The Kier molecular flexibility index (Phi) is 9.69. The van der Waals surface area contributed by atoms with E-state index in [2.05, 4.69) is 15.4 Å². The normalized spacial score (nSPS) is 22.8. The first-order valence-electron chi connectivity index (χ1n) is 13.7. The van der Waals surface area contributed by atoms with Crippen molar-refractivity contribution in [2.75, 3.05) is 39.0 Å². The summed E-state index contributed by atoms with van der Waals surface area (Å²) < 4.78 is 24.8. The van der Waals surface area contributed by atoms with Crippen LogP contribution in [-0.2, 0) is 26.2 Å². The van der Waals surface area contributed by atoms with E-state index in [-0.39, 0.29) is 30.4 Å². The SMILES string of the molecule is CS(=O)(=O)NCCCCCC(=O)N1CC[C@@H](NC(=O)N2CCC3(CC2)CC3)[C@@H](C(=O)NCc2cccs2)C1. The average molecular weight is 568 g/mol. The summed E-state index contributed by atoms with van der Waals surface area (Å²) in [6.07, 6.45) is 8.75. The number of sulfonamides is 1. The molecule has 2 aliphatic heterocycles. The van der Waals surface area contributed by atoms with Crippen LogP contribution in [0.25, 0.3) is 0 Å². The number of piperidine rings is 2. The molecule has 0 unspecified atom stereocenters. The fraction of sp³-hybridized carbons (Fsp3) is 0.731. The van der Waals surface area contributed by atoms with Crippen molar-refractivity contribution in [1.29, 1.82) is 0 Å². The first-order chi connectivity index (χ1) is 18.1. The molecule has 1 aromatic heterocycles. The summed E-state index contributed by atoms with van der Waals surface area (Å²) in [6, 6.07) is 3.48. The molecule has 4 amide bonds. The Morgan fingerprint density at radius 2 is 1.82 bits per heavy atom. The minimum Gasteiger partial charge on any atom is -0.351 e. The summed E-state index contributed by atoms with van der Waals surface area (Å²) in [7, 11) is -3.20. The number of likely N-dealkylation sites (tertiary alicyclic amines) is 2. The Morgan fingerprint density at radius 3 is 2.47 bits per heavy atom. The first-order valence-corrected chi connectivity index (χ1v) is 16.5. The largest absolute Gasteiger partial charge is 0.351 e. The van der Waals surface area contributed by atoms with Crippen molar-refractivity contribution in [2.45, 2.75) is 70.4 Å². The molecule has 1 aromatic rings. The number of hydrogen-bond donors (Lipinski definition) is 3. The zero-order valence-corrected chi connectivity index (χ0v) is 23.9. The summed E-state index contributed by atoms with van der Waals surface area (Å²) in [4.78, 5) is 43.9. The number of amides is 4. The zero-order valence-electron chi connectivity index (χ0n) is 22.2. The highest BCUT2D eigenvalue weighted by Crippen LogP contribution is 2.53. The van der Waals surface area contributed by atoms with Gasteiger partial charge < -0.3 is 20.4 Å². The van der Waals surface area contributed by atoms with Crippen LogP contribution in [0, 0.1) is 11.3 Å². The molecule has 1 aliphatic carbocycles. The van der Waals surface area contributed by atoms with Gasteiger partial charge in [0.25, 0.3) is 0 Å². The zero-order chi connectivity index (χ0) is 27.2. The van der Waals surface area contributed by atoms with Crippen LogP contribution in [0.5, 0.6) is 0 Å². The molecule has 12 heteroatoms. The predicted molar refractivity (Wildman–Crippen MR) is 147 cm³/mol.